The molecule has 6 heteroatoms. The maximum absolute atomic E-state index is 12.2. The highest BCUT2D eigenvalue weighted by molar-refractivity contribution is 7.79. The number of hydrogen-bond acceptors (Lipinski definition) is 2. The molecule has 1 N–H and O–H groups in total. The predicted molar refractivity (Wildman–Crippen MR) is 44.8 cm³/mol. The van der Waals surface area contributed by atoms with Crippen molar-refractivity contribution in [2.75, 3.05) is 0 Å². The molecular weight excluding hydrogens is 203 g/mol. The minimum atomic E-state index is -4.54. The Morgan fingerprint density at radius 1 is 1.46 bits per heavy atom. The van der Waals surface area contributed by atoms with E-state index < -0.39 is 22.9 Å². The Hall–Kier alpha value is -1.17. The van der Waals surface area contributed by atoms with Crippen molar-refractivity contribution in [3.8, 4) is 0 Å². The third kappa shape index (κ3) is 1.95. The summed E-state index contributed by atoms with van der Waals surface area (Å²) in [6.07, 6.45) is -3.60. The Bertz CT molecular complexity index is 382. The van der Waals surface area contributed by atoms with Crippen LogP contribution in [0.2, 0.25) is 0 Å². The zero-order chi connectivity index (χ0) is 10.1. The molecular formula is C7H4F3NOS. The van der Waals surface area contributed by atoms with E-state index in [-0.39, 0.29) is 0 Å². The number of aromatic nitrogens is 1. The third-order valence-corrected chi connectivity index (χ3v) is 1.66. The summed E-state index contributed by atoms with van der Waals surface area (Å²) in [6.45, 7) is 0. The van der Waals surface area contributed by atoms with Gasteiger partial charge in [0.15, 0.2) is 0 Å². The smallest absolute Gasteiger partial charge is 0.329 e. The van der Waals surface area contributed by atoms with E-state index in [0.29, 0.717) is 0 Å². The van der Waals surface area contributed by atoms with Crippen LogP contribution in [0.3, 0.4) is 0 Å². The summed E-state index contributed by atoms with van der Waals surface area (Å²) in [7, 11) is 0. The zero-order valence-corrected chi connectivity index (χ0v) is 7.00. The van der Waals surface area contributed by atoms with Crippen LogP contribution in [0.5, 0.6) is 0 Å². The van der Waals surface area contributed by atoms with E-state index >= 15 is 0 Å². The zero-order valence-electron chi connectivity index (χ0n) is 6.18. The van der Waals surface area contributed by atoms with Gasteiger partial charge in [0.05, 0.1) is 11.1 Å². The number of hydrogen-bond donors (Lipinski definition) is 1. The standard InChI is InChI=1S/C7H4F3NOS/c8-7(9,10)5-1-2-11-6(12)4(5)3-13/h1-3H,(H,11,12). The number of alkyl halides is 3. The van der Waals surface area contributed by atoms with Crippen LogP contribution in [0.25, 0.3) is 0 Å². The topological polar surface area (TPSA) is 32.9 Å². The fourth-order valence-corrected chi connectivity index (χ4v) is 1.09. The number of pyridine rings is 1. The molecule has 0 aromatic carbocycles. The monoisotopic (exact) mass is 207 g/mol. The van der Waals surface area contributed by atoms with Gasteiger partial charge in [0.2, 0.25) is 0 Å². The Kier molecular flexibility index (Phi) is 2.51. The second-order valence-corrected chi connectivity index (χ2v) is 2.49. The Morgan fingerprint density at radius 2 is 2.08 bits per heavy atom. The van der Waals surface area contributed by atoms with E-state index in [1.165, 1.54) is 0 Å². The van der Waals surface area contributed by atoms with Gasteiger partial charge in [-0.2, -0.15) is 13.2 Å². The summed E-state index contributed by atoms with van der Waals surface area (Å²) in [5.74, 6) is 0. The number of halogens is 3. The molecule has 0 bridgehead atoms. The molecule has 1 aromatic heterocycles. The van der Waals surface area contributed by atoms with Crippen LogP contribution in [0.15, 0.2) is 17.1 Å². The van der Waals surface area contributed by atoms with Gasteiger partial charge in [0, 0.05) is 11.6 Å². The predicted octanol–water partition coefficient (Wildman–Crippen LogP) is 1.74. The van der Waals surface area contributed by atoms with Crippen LogP contribution in [-0.4, -0.2) is 10.4 Å². The first-order chi connectivity index (χ1) is 5.96. The molecule has 0 fully saturated rings. The molecule has 0 aliphatic heterocycles. The molecule has 0 spiro atoms. The minimum absolute atomic E-state index is 0.523. The van der Waals surface area contributed by atoms with Crippen LogP contribution in [0, 0.1) is 0 Å². The lowest BCUT2D eigenvalue weighted by Gasteiger charge is -2.07. The number of rotatable bonds is 1. The molecule has 0 aliphatic carbocycles. The molecule has 1 rings (SSSR count). The van der Waals surface area contributed by atoms with Crippen molar-refractivity contribution in [3.63, 3.8) is 0 Å². The maximum Gasteiger partial charge on any atom is 0.417 e. The number of nitrogens with one attached hydrogen (secondary N) is 1. The molecule has 0 radical (unpaired) electrons. The number of aromatic amines is 1. The fraction of sp³-hybridized carbons (Fsp3) is 0.143. The highest BCUT2D eigenvalue weighted by Gasteiger charge is 2.33. The first-order valence-electron chi connectivity index (χ1n) is 3.21. The van der Waals surface area contributed by atoms with Crippen LogP contribution in [0.1, 0.15) is 11.1 Å². The van der Waals surface area contributed by atoms with E-state index in [2.05, 4.69) is 17.2 Å². The second kappa shape index (κ2) is 3.29. The van der Waals surface area contributed by atoms with E-state index in [0.717, 1.165) is 17.6 Å². The molecule has 1 aromatic rings. The molecule has 0 amide bonds. The average Bonchev–Trinajstić information content (AvgIpc) is 2.02. The van der Waals surface area contributed by atoms with Crippen molar-refractivity contribution in [2.24, 2.45) is 0 Å². The summed E-state index contributed by atoms with van der Waals surface area (Å²) in [6, 6.07) is 0.777. The van der Waals surface area contributed by atoms with Gasteiger partial charge in [-0.25, -0.2) is 0 Å². The van der Waals surface area contributed by atoms with Gasteiger partial charge in [0.25, 0.3) is 5.56 Å². The lowest BCUT2D eigenvalue weighted by atomic mass is 10.1. The summed E-state index contributed by atoms with van der Waals surface area (Å²) in [5.41, 5.74) is -2.36. The van der Waals surface area contributed by atoms with Gasteiger partial charge in [0.1, 0.15) is 0 Å². The molecule has 2 nitrogen and oxygen atoms in total. The first kappa shape index (κ1) is 9.91. The number of thiocarbonyl (C=S) groups is 1. The van der Waals surface area contributed by atoms with Crippen molar-refractivity contribution in [1.82, 2.24) is 4.98 Å². The van der Waals surface area contributed by atoms with Crippen LogP contribution >= 0.6 is 12.2 Å². The van der Waals surface area contributed by atoms with E-state index in [4.69, 9.17) is 0 Å². The molecule has 1 heterocycles. The molecule has 70 valence electrons. The number of H-pyrrole nitrogens is 1. The van der Waals surface area contributed by atoms with E-state index in [9.17, 15) is 18.0 Å². The lowest BCUT2D eigenvalue weighted by Crippen LogP contribution is -2.19. The van der Waals surface area contributed by atoms with Crippen LogP contribution in [-0.2, 0) is 6.18 Å². The van der Waals surface area contributed by atoms with Crippen molar-refractivity contribution in [1.29, 1.82) is 0 Å². The highest BCUT2D eigenvalue weighted by Crippen LogP contribution is 2.29. The molecule has 0 atom stereocenters. The highest BCUT2D eigenvalue weighted by atomic mass is 32.1. The average molecular weight is 207 g/mol. The van der Waals surface area contributed by atoms with Gasteiger partial charge in [-0.15, -0.1) is 0 Å². The van der Waals surface area contributed by atoms with Gasteiger partial charge in [-0.3, -0.25) is 4.79 Å². The maximum atomic E-state index is 12.2. The van der Waals surface area contributed by atoms with Crippen LogP contribution < -0.4 is 5.56 Å². The Labute approximate surface area is 76.4 Å². The SMILES string of the molecule is O=c1[nH]ccc(C(F)(F)F)c1C=S. The van der Waals surface area contributed by atoms with Gasteiger partial charge >= 0.3 is 6.18 Å². The van der Waals surface area contributed by atoms with Gasteiger partial charge < -0.3 is 4.98 Å². The molecule has 13 heavy (non-hydrogen) atoms. The quantitative estimate of drug-likeness (QED) is 0.711. The largest absolute Gasteiger partial charge is 0.417 e. The van der Waals surface area contributed by atoms with Crippen molar-refractivity contribution in [3.05, 3.63) is 33.7 Å². The Balaban J connectivity index is 3.46. The summed E-state index contributed by atoms with van der Waals surface area (Å²) >= 11 is 4.32. The van der Waals surface area contributed by atoms with E-state index in [1.54, 1.807) is 0 Å². The molecule has 0 aliphatic rings. The van der Waals surface area contributed by atoms with E-state index in [1.807, 2.05) is 0 Å². The molecule has 0 unspecified atom stereocenters. The summed E-state index contributed by atoms with van der Waals surface area (Å²) < 4.78 is 36.6. The van der Waals surface area contributed by atoms with Gasteiger partial charge in [-0.1, -0.05) is 12.2 Å². The summed E-state index contributed by atoms with van der Waals surface area (Å²) in [5, 5.41) is 0.724. The minimum Gasteiger partial charge on any atom is -0.329 e. The van der Waals surface area contributed by atoms with Crippen molar-refractivity contribution < 1.29 is 13.2 Å². The second-order valence-electron chi connectivity index (χ2n) is 2.25. The normalized spacial score (nSPS) is 11.3. The molecule has 0 saturated heterocycles. The lowest BCUT2D eigenvalue weighted by molar-refractivity contribution is -0.137. The summed E-state index contributed by atoms with van der Waals surface area (Å²) in [4.78, 5) is 13.0. The van der Waals surface area contributed by atoms with Crippen LogP contribution in [0.4, 0.5) is 13.2 Å². The van der Waals surface area contributed by atoms with Crippen molar-refractivity contribution >= 4 is 17.6 Å². The van der Waals surface area contributed by atoms with Gasteiger partial charge in [-0.05, 0) is 6.07 Å². The first-order valence-corrected chi connectivity index (χ1v) is 3.68. The third-order valence-electron chi connectivity index (χ3n) is 1.42. The molecule has 0 saturated carbocycles. The fourth-order valence-electron chi connectivity index (χ4n) is 0.855. The Morgan fingerprint density at radius 3 is 2.46 bits per heavy atom. The van der Waals surface area contributed by atoms with Crippen molar-refractivity contribution in [2.45, 2.75) is 6.18 Å².